The van der Waals surface area contributed by atoms with E-state index in [-0.39, 0.29) is 37.6 Å². The van der Waals surface area contributed by atoms with E-state index in [0.717, 1.165) is 22.5 Å². The molecule has 1 amide bonds. The number of rotatable bonds is 4. The second kappa shape index (κ2) is 7.93. The molecular formula is C19H19F3N4O4S. The molecule has 8 nitrogen and oxygen atoms in total. The Kier molecular flexibility index (Phi) is 5.43. The molecule has 12 heteroatoms. The monoisotopic (exact) mass is 456 g/mol. The Morgan fingerprint density at radius 3 is 2.29 bits per heavy atom. The molecule has 2 aromatic rings. The molecule has 2 aromatic carbocycles. The van der Waals surface area contributed by atoms with Gasteiger partial charge in [0.05, 0.1) is 11.4 Å². The molecule has 2 aliphatic rings. The lowest BCUT2D eigenvalue weighted by molar-refractivity contribution is 0.107. The normalized spacial score (nSPS) is 18.4. The second-order valence-corrected chi connectivity index (χ2v) is 8.86. The SMILES string of the molecule is O=C(O)N1CCN(CCN2c3c(F)cccc3N(c3ccc(F)cc3F)S2(=O)=O)CC1. The van der Waals surface area contributed by atoms with Crippen molar-refractivity contribution in [1.29, 1.82) is 0 Å². The van der Waals surface area contributed by atoms with Gasteiger partial charge in [0, 0.05) is 45.3 Å². The summed E-state index contributed by atoms with van der Waals surface area (Å²) in [5, 5.41) is 9.03. The molecule has 166 valence electrons. The van der Waals surface area contributed by atoms with E-state index in [1.807, 2.05) is 4.90 Å². The van der Waals surface area contributed by atoms with Crippen molar-refractivity contribution < 1.29 is 31.5 Å². The molecule has 2 aliphatic heterocycles. The van der Waals surface area contributed by atoms with Crippen molar-refractivity contribution in [2.45, 2.75) is 0 Å². The van der Waals surface area contributed by atoms with Gasteiger partial charge in [-0.05, 0) is 24.3 Å². The minimum Gasteiger partial charge on any atom is -0.465 e. The lowest BCUT2D eigenvalue weighted by Gasteiger charge is -2.34. The summed E-state index contributed by atoms with van der Waals surface area (Å²) in [6.45, 7) is 1.46. The number of hydrogen-bond donors (Lipinski definition) is 1. The Hall–Kier alpha value is -2.99. The molecule has 0 bridgehead atoms. The third kappa shape index (κ3) is 3.76. The number of para-hydroxylation sites is 1. The fourth-order valence-electron chi connectivity index (χ4n) is 3.78. The molecule has 1 saturated heterocycles. The molecule has 0 saturated carbocycles. The number of benzene rings is 2. The van der Waals surface area contributed by atoms with Gasteiger partial charge in [0.25, 0.3) is 0 Å². The van der Waals surface area contributed by atoms with Crippen molar-refractivity contribution in [3.8, 4) is 0 Å². The van der Waals surface area contributed by atoms with Crippen LogP contribution in [-0.4, -0.2) is 68.7 Å². The second-order valence-electron chi connectivity index (χ2n) is 7.16. The molecule has 0 radical (unpaired) electrons. The summed E-state index contributed by atoms with van der Waals surface area (Å²) in [6.07, 6.45) is -1.02. The van der Waals surface area contributed by atoms with Gasteiger partial charge in [0.2, 0.25) is 0 Å². The molecule has 1 N–H and O–H groups in total. The average Bonchev–Trinajstić information content (AvgIpc) is 2.94. The van der Waals surface area contributed by atoms with Crippen molar-refractivity contribution in [1.82, 2.24) is 9.80 Å². The number of nitrogens with zero attached hydrogens (tertiary/aromatic N) is 4. The van der Waals surface area contributed by atoms with Crippen LogP contribution in [0, 0.1) is 17.5 Å². The van der Waals surface area contributed by atoms with E-state index in [0.29, 0.717) is 23.5 Å². The Morgan fingerprint density at radius 1 is 0.935 bits per heavy atom. The van der Waals surface area contributed by atoms with Crippen LogP contribution in [0.15, 0.2) is 36.4 Å². The van der Waals surface area contributed by atoms with Crippen LogP contribution in [0.1, 0.15) is 0 Å². The summed E-state index contributed by atoms with van der Waals surface area (Å²) in [5.41, 5.74) is -0.692. The lowest BCUT2D eigenvalue weighted by atomic mass is 10.2. The molecule has 0 unspecified atom stereocenters. The van der Waals surface area contributed by atoms with Gasteiger partial charge in [0.1, 0.15) is 17.3 Å². The molecule has 0 aromatic heterocycles. The number of halogens is 3. The number of carbonyl (C=O) groups is 1. The van der Waals surface area contributed by atoms with Gasteiger partial charge in [0.15, 0.2) is 5.82 Å². The van der Waals surface area contributed by atoms with Crippen LogP contribution in [0.5, 0.6) is 0 Å². The first-order valence-corrected chi connectivity index (χ1v) is 10.9. The fourth-order valence-corrected chi connectivity index (χ4v) is 5.49. The quantitative estimate of drug-likeness (QED) is 0.765. The van der Waals surface area contributed by atoms with Crippen molar-refractivity contribution in [3.63, 3.8) is 0 Å². The molecule has 0 spiro atoms. The zero-order chi connectivity index (χ0) is 22.3. The highest BCUT2D eigenvalue weighted by atomic mass is 32.2. The zero-order valence-electron chi connectivity index (χ0n) is 16.2. The minimum atomic E-state index is -4.39. The van der Waals surface area contributed by atoms with Crippen LogP contribution in [0.25, 0.3) is 0 Å². The summed E-state index contributed by atoms with van der Waals surface area (Å²) in [4.78, 5) is 14.2. The van der Waals surface area contributed by atoms with Gasteiger partial charge < -0.3 is 10.0 Å². The number of hydrogen-bond acceptors (Lipinski definition) is 4. The summed E-state index contributed by atoms with van der Waals surface area (Å²) in [5.74, 6) is -2.75. The van der Waals surface area contributed by atoms with Crippen LogP contribution < -0.4 is 8.61 Å². The van der Waals surface area contributed by atoms with Gasteiger partial charge in [-0.3, -0.25) is 4.90 Å². The van der Waals surface area contributed by atoms with Crippen molar-refractivity contribution in [2.75, 3.05) is 47.9 Å². The maximum absolute atomic E-state index is 14.7. The summed E-state index contributed by atoms with van der Waals surface area (Å²) < 4.78 is 70.5. The molecule has 0 atom stereocenters. The Morgan fingerprint density at radius 2 is 1.65 bits per heavy atom. The van der Waals surface area contributed by atoms with Gasteiger partial charge in [-0.15, -0.1) is 0 Å². The minimum absolute atomic E-state index is 0.0683. The highest BCUT2D eigenvalue weighted by Crippen LogP contribution is 2.47. The lowest BCUT2D eigenvalue weighted by Crippen LogP contribution is -2.50. The number of fused-ring (bicyclic) bond motifs is 1. The maximum Gasteiger partial charge on any atom is 0.407 e. The fraction of sp³-hybridized carbons (Fsp3) is 0.316. The maximum atomic E-state index is 14.7. The van der Waals surface area contributed by atoms with E-state index < -0.39 is 39.4 Å². The van der Waals surface area contributed by atoms with E-state index in [4.69, 9.17) is 5.11 Å². The molecule has 4 rings (SSSR count). The first kappa shape index (κ1) is 21.2. The van der Waals surface area contributed by atoms with Crippen LogP contribution in [-0.2, 0) is 10.2 Å². The number of carboxylic acid groups (broad SMARTS) is 1. The number of piperazine rings is 1. The molecular weight excluding hydrogens is 437 g/mol. The van der Waals surface area contributed by atoms with E-state index in [1.165, 1.54) is 17.0 Å². The standard InChI is InChI=1S/C19H19F3N4O4S/c20-13-4-5-16(15(22)12-13)26-17-3-1-2-14(21)18(17)25(31(26,29)30)11-8-23-6-9-24(10-7-23)19(27)28/h1-5,12H,6-11H2,(H,27,28). The number of anilines is 3. The van der Waals surface area contributed by atoms with E-state index in [1.54, 1.807) is 0 Å². The summed E-state index contributed by atoms with van der Waals surface area (Å²) >= 11 is 0. The van der Waals surface area contributed by atoms with Crippen LogP contribution in [0.3, 0.4) is 0 Å². The highest BCUT2D eigenvalue weighted by molar-refractivity contribution is 7.95. The molecule has 31 heavy (non-hydrogen) atoms. The van der Waals surface area contributed by atoms with Crippen LogP contribution >= 0.6 is 0 Å². The highest BCUT2D eigenvalue weighted by Gasteiger charge is 2.44. The Bertz CT molecular complexity index is 1120. The van der Waals surface area contributed by atoms with Gasteiger partial charge in [-0.25, -0.2) is 26.6 Å². The molecule has 1 fully saturated rings. The van der Waals surface area contributed by atoms with Gasteiger partial charge >= 0.3 is 16.3 Å². The predicted molar refractivity (Wildman–Crippen MR) is 107 cm³/mol. The molecule has 0 aliphatic carbocycles. The first-order chi connectivity index (χ1) is 14.7. The predicted octanol–water partition coefficient (Wildman–Crippen LogP) is 2.60. The van der Waals surface area contributed by atoms with Crippen molar-refractivity contribution >= 4 is 33.4 Å². The molecule has 2 heterocycles. The summed E-state index contributed by atoms with van der Waals surface area (Å²) in [6, 6.07) is 6.26. The average molecular weight is 456 g/mol. The third-order valence-corrected chi connectivity index (χ3v) is 7.11. The number of amides is 1. The van der Waals surface area contributed by atoms with E-state index >= 15 is 0 Å². The van der Waals surface area contributed by atoms with Crippen LogP contribution in [0.4, 0.5) is 35.0 Å². The van der Waals surface area contributed by atoms with Crippen molar-refractivity contribution in [2.24, 2.45) is 0 Å². The van der Waals surface area contributed by atoms with Crippen molar-refractivity contribution in [3.05, 3.63) is 53.8 Å². The topological polar surface area (TPSA) is 84.4 Å². The zero-order valence-corrected chi connectivity index (χ0v) is 17.0. The van der Waals surface area contributed by atoms with Gasteiger partial charge in [-0.2, -0.15) is 8.42 Å². The smallest absolute Gasteiger partial charge is 0.407 e. The summed E-state index contributed by atoms with van der Waals surface area (Å²) in [7, 11) is -4.39. The third-order valence-electron chi connectivity index (χ3n) is 5.33. The Balaban J connectivity index is 1.63. The van der Waals surface area contributed by atoms with Crippen LogP contribution in [0.2, 0.25) is 0 Å². The Labute approximate surface area is 176 Å². The van der Waals surface area contributed by atoms with E-state index in [9.17, 15) is 26.4 Å². The van der Waals surface area contributed by atoms with Gasteiger partial charge in [-0.1, -0.05) is 6.07 Å². The van der Waals surface area contributed by atoms with E-state index in [2.05, 4.69) is 0 Å². The largest absolute Gasteiger partial charge is 0.465 e. The first-order valence-electron chi connectivity index (χ1n) is 9.47.